The molecule has 1 aliphatic rings. The summed E-state index contributed by atoms with van der Waals surface area (Å²) in [7, 11) is 3.00. The molecule has 0 aromatic heterocycles. The first kappa shape index (κ1) is 13.7. The van der Waals surface area contributed by atoms with E-state index in [1.54, 1.807) is 26.8 Å². The molecule has 5 heteroatoms. The second kappa shape index (κ2) is 4.42. The van der Waals surface area contributed by atoms with Crippen molar-refractivity contribution in [2.24, 2.45) is 0 Å². The summed E-state index contributed by atoms with van der Waals surface area (Å²) >= 11 is 0. The minimum atomic E-state index is -1.28. The van der Waals surface area contributed by atoms with E-state index in [0.717, 1.165) is 0 Å². The largest absolute Gasteiger partial charge is 0.496 e. The first-order valence-electron chi connectivity index (χ1n) is 6.04. The Balaban J connectivity index is 2.84. The van der Waals surface area contributed by atoms with Crippen LogP contribution in [0.2, 0.25) is 0 Å². The number of rotatable bonds is 2. The number of esters is 1. The Hall–Kier alpha value is -1.75. The van der Waals surface area contributed by atoms with Crippen molar-refractivity contribution in [2.45, 2.75) is 32.5 Å². The second-order valence-electron chi connectivity index (χ2n) is 4.85. The van der Waals surface area contributed by atoms with Crippen molar-refractivity contribution in [3.05, 3.63) is 22.8 Å². The van der Waals surface area contributed by atoms with Crippen LogP contribution in [0.15, 0.2) is 6.07 Å². The Morgan fingerprint density at radius 2 is 1.89 bits per heavy atom. The Labute approximate surface area is 112 Å². The number of carbonyl (C=O) groups is 1. The van der Waals surface area contributed by atoms with Gasteiger partial charge >= 0.3 is 5.97 Å². The lowest BCUT2D eigenvalue weighted by Crippen LogP contribution is -2.44. The van der Waals surface area contributed by atoms with E-state index in [1.807, 2.05) is 0 Å². The number of fused-ring (bicyclic) bond motifs is 1. The van der Waals surface area contributed by atoms with Gasteiger partial charge in [-0.25, -0.2) is 4.79 Å². The minimum absolute atomic E-state index is 0.268. The number of ether oxygens (including phenoxy) is 3. The van der Waals surface area contributed by atoms with Crippen molar-refractivity contribution in [2.75, 3.05) is 14.2 Å². The van der Waals surface area contributed by atoms with E-state index < -0.39 is 17.7 Å². The maximum atomic E-state index is 12.1. The van der Waals surface area contributed by atoms with Gasteiger partial charge in [-0.2, -0.15) is 0 Å². The molecule has 0 aliphatic carbocycles. The molecule has 0 radical (unpaired) electrons. The Kier molecular flexibility index (Phi) is 3.18. The van der Waals surface area contributed by atoms with Gasteiger partial charge in [0.15, 0.2) is 0 Å². The van der Waals surface area contributed by atoms with Crippen molar-refractivity contribution in [1.29, 1.82) is 0 Å². The molecule has 2 rings (SSSR count). The highest BCUT2D eigenvalue weighted by Gasteiger charge is 2.45. The van der Waals surface area contributed by atoms with Crippen molar-refractivity contribution in [1.82, 2.24) is 0 Å². The van der Waals surface area contributed by atoms with E-state index in [1.165, 1.54) is 14.2 Å². The monoisotopic (exact) mass is 266 g/mol. The first-order valence-corrected chi connectivity index (χ1v) is 6.04. The number of hydrogen-bond acceptors (Lipinski definition) is 5. The fourth-order valence-electron chi connectivity index (χ4n) is 2.48. The molecule has 19 heavy (non-hydrogen) atoms. The third kappa shape index (κ3) is 1.85. The average Bonchev–Trinajstić information content (AvgIpc) is 2.36. The fraction of sp³-hybridized carbons (Fsp3) is 0.500. The molecule has 1 heterocycles. The van der Waals surface area contributed by atoms with Crippen LogP contribution in [0, 0.1) is 6.92 Å². The van der Waals surface area contributed by atoms with E-state index in [4.69, 9.17) is 14.2 Å². The van der Waals surface area contributed by atoms with Crippen LogP contribution in [0.3, 0.4) is 0 Å². The van der Waals surface area contributed by atoms with Crippen LogP contribution in [0.4, 0.5) is 0 Å². The van der Waals surface area contributed by atoms with Crippen LogP contribution in [0.5, 0.6) is 11.5 Å². The van der Waals surface area contributed by atoms with Gasteiger partial charge in [-0.05, 0) is 26.3 Å². The summed E-state index contributed by atoms with van der Waals surface area (Å²) in [6.45, 7) is 5.08. The molecule has 5 nitrogen and oxygen atoms in total. The zero-order valence-corrected chi connectivity index (χ0v) is 11.7. The molecule has 1 aliphatic heterocycles. The molecule has 0 amide bonds. The zero-order chi connectivity index (χ0) is 14.4. The molecule has 104 valence electrons. The molecule has 0 bridgehead atoms. The summed E-state index contributed by atoms with van der Waals surface area (Å²) in [6.07, 6.45) is -0.636. The Bertz CT molecular complexity index is 533. The molecule has 0 spiro atoms. The summed E-state index contributed by atoms with van der Waals surface area (Å²) < 4.78 is 15.7. The highest BCUT2D eigenvalue weighted by atomic mass is 16.6. The minimum Gasteiger partial charge on any atom is -0.496 e. The van der Waals surface area contributed by atoms with Gasteiger partial charge in [0.25, 0.3) is 0 Å². The van der Waals surface area contributed by atoms with Crippen LogP contribution >= 0.6 is 0 Å². The molecule has 0 unspecified atom stereocenters. The lowest BCUT2D eigenvalue weighted by atomic mass is 9.81. The van der Waals surface area contributed by atoms with Gasteiger partial charge in [-0.1, -0.05) is 0 Å². The van der Waals surface area contributed by atoms with Crippen LogP contribution in [-0.2, 0) is 10.3 Å². The summed E-state index contributed by atoms with van der Waals surface area (Å²) in [4.78, 5) is 12.1. The van der Waals surface area contributed by atoms with Gasteiger partial charge < -0.3 is 19.3 Å². The van der Waals surface area contributed by atoms with E-state index >= 15 is 0 Å². The molecule has 1 aromatic rings. The van der Waals surface area contributed by atoms with E-state index in [-0.39, 0.29) is 5.56 Å². The number of benzene rings is 1. The maximum Gasteiger partial charge on any atom is 0.342 e. The van der Waals surface area contributed by atoms with E-state index in [2.05, 4.69) is 0 Å². The summed E-state index contributed by atoms with van der Waals surface area (Å²) in [5, 5.41) is 10.6. The number of cyclic esters (lactones) is 1. The number of carbonyl (C=O) groups excluding carboxylic acids is 1. The van der Waals surface area contributed by atoms with Gasteiger partial charge in [-0.3, -0.25) is 0 Å². The van der Waals surface area contributed by atoms with Crippen LogP contribution in [0.1, 0.15) is 35.3 Å². The SMILES string of the molecule is COc1cc(OC)c2c(c1C)[C@](C)(O)[C@H](C)OC2=O. The predicted molar refractivity (Wildman–Crippen MR) is 68.7 cm³/mol. The van der Waals surface area contributed by atoms with Crippen molar-refractivity contribution in [3.8, 4) is 11.5 Å². The number of aliphatic hydroxyl groups is 1. The molecule has 0 saturated heterocycles. The summed E-state index contributed by atoms with van der Waals surface area (Å²) in [5.74, 6) is 0.420. The van der Waals surface area contributed by atoms with Crippen molar-refractivity contribution in [3.63, 3.8) is 0 Å². The molecule has 1 N–H and O–H groups in total. The smallest absolute Gasteiger partial charge is 0.342 e. The van der Waals surface area contributed by atoms with Gasteiger partial charge in [0.05, 0.1) is 14.2 Å². The van der Waals surface area contributed by atoms with E-state index in [0.29, 0.717) is 22.6 Å². The molecule has 1 aromatic carbocycles. The highest BCUT2D eigenvalue weighted by Crippen LogP contribution is 2.44. The molecule has 2 atom stereocenters. The Morgan fingerprint density at radius 3 is 2.42 bits per heavy atom. The van der Waals surface area contributed by atoms with Crippen LogP contribution < -0.4 is 9.47 Å². The van der Waals surface area contributed by atoms with Gasteiger partial charge in [-0.15, -0.1) is 0 Å². The molecule has 0 fully saturated rings. The normalized spacial score (nSPS) is 25.6. The summed E-state index contributed by atoms with van der Waals surface area (Å²) in [6, 6.07) is 1.63. The zero-order valence-electron chi connectivity index (χ0n) is 11.7. The third-order valence-corrected chi connectivity index (χ3v) is 3.73. The second-order valence-corrected chi connectivity index (χ2v) is 4.85. The quantitative estimate of drug-likeness (QED) is 0.827. The molecular formula is C14H18O5. The highest BCUT2D eigenvalue weighted by molar-refractivity contribution is 5.97. The topological polar surface area (TPSA) is 65.0 Å². The molecule has 0 saturated carbocycles. The van der Waals surface area contributed by atoms with Crippen molar-refractivity contribution < 1.29 is 24.1 Å². The maximum absolute atomic E-state index is 12.1. The van der Waals surface area contributed by atoms with Gasteiger partial charge in [0.1, 0.15) is 28.8 Å². The number of hydrogen-bond donors (Lipinski definition) is 1. The van der Waals surface area contributed by atoms with Gasteiger partial charge in [0, 0.05) is 11.6 Å². The predicted octanol–water partition coefficient (Wildman–Crippen LogP) is 1.78. The standard InChI is InChI=1S/C14H18O5/c1-7-9(17-4)6-10(18-5)11-12(7)14(3,16)8(2)19-13(11)15/h6,8,16H,1-5H3/t8-,14+/m0/s1. The lowest BCUT2D eigenvalue weighted by molar-refractivity contribution is -0.0817. The summed E-state index contributed by atoms with van der Waals surface area (Å²) in [5.41, 5.74) is 0.206. The third-order valence-electron chi connectivity index (χ3n) is 3.73. The van der Waals surface area contributed by atoms with E-state index in [9.17, 15) is 9.90 Å². The van der Waals surface area contributed by atoms with Crippen molar-refractivity contribution >= 4 is 5.97 Å². The number of methoxy groups -OCH3 is 2. The lowest BCUT2D eigenvalue weighted by Gasteiger charge is -2.38. The fourth-order valence-corrected chi connectivity index (χ4v) is 2.48. The molecular weight excluding hydrogens is 248 g/mol. The van der Waals surface area contributed by atoms with Crippen LogP contribution in [-0.4, -0.2) is 31.4 Å². The van der Waals surface area contributed by atoms with Gasteiger partial charge in [0.2, 0.25) is 0 Å². The first-order chi connectivity index (χ1) is 8.84. The Morgan fingerprint density at radius 1 is 1.32 bits per heavy atom. The van der Waals surface area contributed by atoms with Crippen LogP contribution in [0.25, 0.3) is 0 Å². The average molecular weight is 266 g/mol.